The lowest BCUT2D eigenvalue weighted by Gasteiger charge is -2.21. The molecule has 0 amide bonds. The highest BCUT2D eigenvalue weighted by atomic mass is 31.2. The molecule has 2 unspecified atom stereocenters. The smallest absolute Gasteiger partial charge is 0.462 e. The van der Waals surface area contributed by atoms with Gasteiger partial charge in [0.1, 0.15) is 19.3 Å². The quantitative estimate of drug-likeness (QED) is 0.0222. The van der Waals surface area contributed by atoms with Crippen LogP contribution >= 0.6 is 15.6 Å². The van der Waals surface area contributed by atoms with Crippen LogP contribution in [0.3, 0.4) is 0 Å². The van der Waals surface area contributed by atoms with Crippen molar-refractivity contribution in [2.24, 2.45) is 17.8 Å². The minimum atomic E-state index is -4.95. The molecular formula is C68H132O17P2. The maximum atomic E-state index is 13.0. The molecular weight excluding hydrogens is 1150 g/mol. The van der Waals surface area contributed by atoms with Gasteiger partial charge in [-0.3, -0.25) is 37.3 Å². The van der Waals surface area contributed by atoms with Crippen molar-refractivity contribution in [2.45, 2.75) is 356 Å². The van der Waals surface area contributed by atoms with Crippen LogP contribution in [0.1, 0.15) is 337 Å². The molecule has 0 saturated heterocycles. The van der Waals surface area contributed by atoms with Crippen molar-refractivity contribution in [1.29, 1.82) is 0 Å². The van der Waals surface area contributed by atoms with Gasteiger partial charge in [0.2, 0.25) is 0 Å². The van der Waals surface area contributed by atoms with E-state index in [1.165, 1.54) is 135 Å². The molecule has 0 aliphatic heterocycles. The number of rotatable bonds is 66. The van der Waals surface area contributed by atoms with Gasteiger partial charge in [-0.15, -0.1) is 0 Å². The number of esters is 4. The lowest BCUT2D eigenvalue weighted by molar-refractivity contribution is -0.161. The maximum absolute atomic E-state index is 13.0. The average Bonchev–Trinajstić information content (AvgIpc) is 3.68. The molecule has 0 heterocycles. The Balaban J connectivity index is 5.21. The number of hydrogen-bond acceptors (Lipinski definition) is 15. The summed E-state index contributed by atoms with van der Waals surface area (Å²) in [6, 6.07) is 0. The van der Waals surface area contributed by atoms with Crippen LogP contribution in [0.15, 0.2) is 0 Å². The Kier molecular flexibility index (Phi) is 57.8. The van der Waals surface area contributed by atoms with Gasteiger partial charge < -0.3 is 33.8 Å². The van der Waals surface area contributed by atoms with E-state index in [9.17, 15) is 43.2 Å². The van der Waals surface area contributed by atoms with E-state index < -0.39 is 97.5 Å². The van der Waals surface area contributed by atoms with Crippen LogP contribution in [-0.4, -0.2) is 96.7 Å². The Morgan fingerprint density at radius 3 is 0.782 bits per heavy atom. The summed E-state index contributed by atoms with van der Waals surface area (Å²) in [7, 11) is -9.89. The van der Waals surface area contributed by atoms with Gasteiger partial charge in [-0.1, -0.05) is 286 Å². The van der Waals surface area contributed by atoms with Crippen molar-refractivity contribution in [2.75, 3.05) is 39.6 Å². The van der Waals surface area contributed by atoms with Gasteiger partial charge in [0, 0.05) is 25.7 Å². The molecule has 19 heteroatoms. The van der Waals surface area contributed by atoms with Crippen LogP contribution in [-0.2, 0) is 65.4 Å². The molecule has 0 bridgehead atoms. The molecule has 0 aromatic rings. The van der Waals surface area contributed by atoms with Crippen molar-refractivity contribution < 1.29 is 80.2 Å². The summed E-state index contributed by atoms with van der Waals surface area (Å²) in [6.07, 6.45) is 41.8. The Bertz CT molecular complexity index is 1720. The number of phosphoric acid groups is 2. The summed E-state index contributed by atoms with van der Waals surface area (Å²) in [5, 5.41) is 10.6. The molecule has 3 N–H and O–H groups in total. The highest BCUT2D eigenvalue weighted by Crippen LogP contribution is 2.45. The first-order chi connectivity index (χ1) is 41.7. The maximum Gasteiger partial charge on any atom is 0.472 e. The Hall–Kier alpha value is -1.94. The van der Waals surface area contributed by atoms with Crippen molar-refractivity contribution >= 4 is 39.5 Å². The first-order valence-corrected chi connectivity index (χ1v) is 38.3. The van der Waals surface area contributed by atoms with Crippen molar-refractivity contribution in [3.05, 3.63) is 0 Å². The molecule has 0 spiro atoms. The minimum absolute atomic E-state index is 0.105. The van der Waals surface area contributed by atoms with Crippen LogP contribution in [0.4, 0.5) is 0 Å². The monoisotopic (exact) mass is 1280 g/mol. The molecule has 0 fully saturated rings. The molecule has 0 rings (SSSR count). The van der Waals surface area contributed by atoms with E-state index in [0.717, 1.165) is 120 Å². The van der Waals surface area contributed by atoms with E-state index in [1.807, 2.05) is 0 Å². The molecule has 516 valence electrons. The van der Waals surface area contributed by atoms with Crippen molar-refractivity contribution in [3.63, 3.8) is 0 Å². The zero-order chi connectivity index (χ0) is 64.5. The highest BCUT2D eigenvalue weighted by Gasteiger charge is 2.30. The number of ether oxygens (including phenoxy) is 4. The Morgan fingerprint density at radius 2 is 0.529 bits per heavy atom. The zero-order valence-electron chi connectivity index (χ0n) is 56.5. The predicted molar refractivity (Wildman–Crippen MR) is 349 cm³/mol. The molecule has 0 aliphatic carbocycles. The molecule has 5 atom stereocenters. The zero-order valence-corrected chi connectivity index (χ0v) is 58.3. The molecule has 0 aromatic heterocycles. The van der Waals surface area contributed by atoms with E-state index >= 15 is 0 Å². The normalized spacial score (nSPS) is 14.3. The number of aliphatic hydroxyl groups excluding tert-OH is 1. The number of carbonyl (C=O) groups excluding carboxylic acids is 4. The lowest BCUT2D eigenvalue weighted by Crippen LogP contribution is -2.30. The van der Waals surface area contributed by atoms with Crippen LogP contribution in [0.5, 0.6) is 0 Å². The van der Waals surface area contributed by atoms with Crippen molar-refractivity contribution in [1.82, 2.24) is 0 Å². The summed E-state index contributed by atoms with van der Waals surface area (Å²) < 4.78 is 68.1. The molecule has 87 heavy (non-hydrogen) atoms. The second-order valence-electron chi connectivity index (χ2n) is 26.0. The Labute approximate surface area is 530 Å². The molecule has 0 aliphatic rings. The largest absolute Gasteiger partial charge is 0.472 e. The molecule has 0 saturated carbocycles. The fourth-order valence-electron chi connectivity index (χ4n) is 10.2. The second-order valence-corrected chi connectivity index (χ2v) is 28.9. The van der Waals surface area contributed by atoms with Gasteiger partial charge in [0.05, 0.1) is 26.4 Å². The fraction of sp³-hybridized carbons (Fsp3) is 0.941. The summed E-state index contributed by atoms with van der Waals surface area (Å²) >= 11 is 0. The van der Waals surface area contributed by atoms with Crippen LogP contribution < -0.4 is 0 Å². The van der Waals surface area contributed by atoms with Crippen LogP contribution in [0.25, 0.3) is 0 Å². The number of carbonyl (C=O) groups is 4. The van der Waals surface area contributed by atoms with Gasteiger partial charge in [0.25, 0.3) is 0 Å². The van der Waals surface area contributed by atoms with E-state index in [1.54, 1.807) is 0 Å². The standard InChI is InChI=1S/C68H132O17P2/c1-8-9-10-11-25-35-42-49-65(70)78-55-63(84-68(73)52-45-38-31-24-18-21-28-34-41-48-61(6)7)57-82-86(74,75)80-53-62(69)54-81-87(76,77)83-58-64(56-79-66(71)50-43-36-29-23-17-20-27-33-40-47-60(4)5)85-67(72)51-44-37-30-22-16-14-12-13-15-19-26-32-39-46-59(2)3/h59-64,69H,8-58H2,1-7H3,(H,74,75)(H,76,77)/t62-,63+,64+/m0/s1. The van der Waals surface area contributed by atoms with Gasteiger partial charge in [-0.2, -0.15) is 0 Å². The summed E-state index contributed by atoms with van der Waals surface area (Å²) in [6.45, 7) is 11.8. The van der Waals surface area contributed by atoms with Gasteiger partial charge in [-0.25, -0.2) is 9.13 Å². The first kappa shape index (κ1) is 85.1. The summed E-state index contributed by atoms with van der Waals surface area (Å²) in [5.41, 5.74) is 0. The van der Waals surface area contributed by atoms with Crippen molar-refractivity contribution in [3.8, 4) is 0 Å². The average molecular weight is 1280 g/mol. The lowest BCUT2D eigenvalue weighted by atomic mass is 10.0. The molecule has 0 radical (unpaired) electrons. The number of unbranched alkanes of at least 4 members (excludes halogenated alkanes) is 34. The Morgan fingerprint density at radius 1 is 0.310 bits per heavy atom. The second kappa shape index (κ2) is 59.1. The molecule has 17 nitrogen and oxygen atoms in total. The molecule has 0 aromatic carbocycles. The minimum Gasteiger partial charge on any atom is -0.462 e. The SMILES string of the molecule is CCCCCCCCCC(=O)OC[C@H](COP(=O)(O)OC[C@H](O)COP(=O)(O)OC[C@@H](COC(=O)CCCCCCCCCCCC(C)C)OC(=O)CCCCCCCCCCCCCCCC(C)C)OC(=O)CCCCCCCCCCCC(C)C. The third-order valence-corrected chi connectivity index (χ3v) is 17.5. The third-order valence-electron chi connectivity index (χ3n) is 15.6. The summed E-state index contributed by atoms with van der Waals surface area (Å²) in [5.74, 6) is 0.133. The van der Waals surface area contributed by atoms with E-state index in [0.29, 0.717) is 25.7 Å². The van der Waals surface area contributed by atoms with Gasteiger partial charge in [0.15, 0.2) is 12.2 Å². The topological polar surface area (TPSA) is 237 Å². The van der Waals surface area contributed by atoms with Gasteiger partial charge >= 0.3 is 39.5 Å². The number of aliphatic hydroxyl groups is 1. The number of hydrogen-bond donors (Lipinski definition) is 3. The van der Waals surface area contributed by atoms with E-state index in [4.69, 9.17) is 37.0 Å². The first-order valence-electron chi connectivity index (χ1n) is 35.3. The predicted octanol–water partition coefficient (Wildman–Crippen LogP) is 19.1. The third kappa shape index (κ3) is 62.6. The van der Waals surface area contributed by atoms with E-state index in [2.05, 4.69) is 48.5 Å². The van der Waals surface area contributed by atoms with Crippen LogP contribution in [0, 0.1) is 17.8 Å². The highest BCUT2D eigenvalue weighted by molar-refractivity contribution is 7.47. The van der Waals surface area contributed by atoms with E-state index in [-0.39, 0.29) is 25.7 Å². The fourth-order valence-corrected chi connectivity index (χ4v) is 11.8. The van der Waals surface area contributed by atoms with Gasteiger partial charge in [-0.05, 0) is 43.4 Å². The van der Waals surface area contributed by atoms with Crippen LogP contribution in [0.2, 0.25) is 0 Å². The summed E-state index contributed by atoms with van der Waals surface area (Å²) in [4.78, 5) is 72.3. The number of phosphoric ester groups is 2.